The SMILES string of the molecule is CC(=O)c1ccc(NC(=O)[C@H](C)Sc2nc(C)cs2)cc1. The maximum atomic E-state index is 12.1. The zero-order chi connectivity index (χ0) is 15.4. The van der Waals surface area contributed by atoms with Gasteiger partial charge in [-0.2, -0.15) is 0 Å². The van der Waals surface area contributed by atoms with Gasteiger partial charge in [-0.05, 0) is 45.0 Å². The quantitative estimate of drug-likeness (QED) is 0.673. The number of carbonyl (C=O) groups excluding carboxylic acids is 2. The number of aromatic nitrogens is 1. The van der Waals surface area contributed by atoms with Gasteiger partial charge in [-0.3, -0.25) is 9.59 Å². The molecule has 1 amide bonds. The Morgan fingerprint density at radius 3 is 2.48 bits per heavy atom. The van der Waals surface area contributed by atoms with E-state index in [1.165, 1.54) is 18.7 Å². The van der Waals surface area contributed by atoms with E-state index in [4.69, 9.17) is 0 Å². The average Bonchev–Trinajstić information content (AvgIpc) is 2.84. The summed E-state index contributed by atoms with van der Waals surface area (Å²) in [4.78, 5) is 27.7. The van der Waals surface area contributed by atoms with Gasteiger partial charge in [0.1, 0.15) is 0 Å². The molecule has 2 rings (SSSR count). The lowest BCUT2D eigenvalue weighted by Crippen LogP contribution is -2.22. The number of hydrogen-bond donors (Lipinski definition) is 1. The van der Waals surface area contributed by atoms with Crippen LogP contribution in [0.15, 0.2) is 34.0 Å². The second kappa shape index (κ2) is 6.87. The van der Waals surface area contributed by atoms with Crippen LogP contribution in [0.1, 0.15) is 29.9 Å². The molecule has 110 valence electrons. The first-order valence-corrected chi connectivity index (χ1v) is 8.22. The molecule has 0 aliphatic heterocycles. The molecule has 0 aliphatic carbocycles. The Labute approximate surface area is 132 Å². The minimum atomic E-state index is -0.233. The van der Waals surface area contributed by atoms with Gasteiger partial charge in [0.25, 0.3) is 0 Å². The van der Waals surface area contributed by atoms with Crippen molar-refractivity contribution in [1.29, 1.82) is 0 Å². The summed E-state index contributed by atoms with van der Waals surface area (Å²) in [7, 11) is 0. The summed E-state index contributed by atoms with van der Waals surface area (Å²) in [6, 6.07) is 6.89. The van der Waals surface area contributed by atoms with Crippen molar-refractivity contribution in [2.45, 2.75) is 30.4 Å². The summed E-state index contributed by atoms with van der Waals surface area (Å²) in [6.07, 6.45) is 0. The van der Waals surface area contributed by atoms with Crippen LogP contribution in [0.3, 0.4) is 0 Å². The molecule has 0 spiro atoms. The van der Waals surface area contributed by atoms with E-state index in [9.17, 15) is 9.59 Å². The third-order valence-electron chi connectivity index (χ3n) is 2.80. The van der Waals surface area contributed by atoms with Crippen LogP contribution in [0.5, 0.6) is 0 Å². The zero-order valence-electron chi connectivity index (χ0n) is 12.0. The number of carbonyl (C=O) groups is 2. The number of aryl methyl sites for hydroxylation is 1. The molecule has 0 saturated carbocycles. The number of rotatable bonds is 5. The Kier molecular flexibility index (Phi) is 5.14. The summed E-state index contributed by atoms with van der Waals surface area (Å²) in [6.45, 7) is 5.30. The van der Waals surface area contributed by atoms with Crippen LogP contribution in [0.25, 0.3) is 0 Å². The molecule has 1 heterocycles. The molecule has 1 atom stereocenters. The molecule has 1 N–H and O–H groups in total. The van der Waals surface area contributed by atoms with Gasteiger partial charge in [-0.1, -0.05) is 11.8 Å². The van der Waals surface area contributed by atoms with E-state index in [1.54, 1.807) is 35.6 Å². The van der Waals surface area contributed by atoms with Gasteiger partial charge in [0.15, 0.2) is 10.1 Å². The van der Waals surface area contributed by atoms with Gasteiger partial charge < -0.3 is 5.32 Å². The summed E-state index contributed by atoms with van der Waals surface area (Å²) in [5, 5.41) is 4.57. The molecular formula is C15H16N2O2S2. The van der Waals surface area contributed by atoms with E-state index in [0.717, 1.165) is 10.0 Å². The first kappa shape index (κ1) is 15.7. The van der Waals surface area contributed by atoms with Gasteiger partial charge in [0.05, 0.1) is 5.25 Å². The molecule has 1 aromatic carbocycles. The topological polar surface area (TPSA) is 59.1 Å². The average molecular weight is 320 g/mol. The molecule has 0 unspecified atom stereocenters. The third kappa shape index (κ3) is 4.41. The number of amides is 1. The molecule has 6 heteroatoms. The molecule has 0 radical (unpaired) electrons. The van der Waals surface area contributed by atoms with Crippen LogP contribution in [0.4, 0.5) is 5.69 Å². The fourth-order valence-electron chi connectivity index (χ4n) is 1.62. The second-order valence-corrected chi connectivity index (χ2v) is 7.08. The van der Waals surface area contributed by atoms with E-state index < -0.39 is 0 Å². The predicted molar refractivity (Wildman–Crippen MR) is 87.2 cm³/mol. The van der Waals surface area contributed by atoms with Crippen molar-refractivity contribution in [2.24, 2.45) is 0 Å². The monoisotopic (exact) mass is 320 g/mol. The number of anilines is 1. The predicted octanol–water partition coefficient (Wildman–Crippen LogP) is 3.77. The lowest BCUT2D eigenvalue weighted by molar-refractivity contribution is -0.115. The molecule has 0 fully saturated rings. The van der Waals surface area contributed by atoms with Crippen LogP contribution < -0.4 is 5.32 Å². The largest absolute Gasteiger partial charge is 0.325 e. The minimum absolute atomic E-state index is 0.0101. The molecule has 0 saturated heterocycles. The summed E-state index contributed by atoms with van der Waals surface area (Å²) >= 11 is 2.98. The molecule has 1 aromatic heterocycles. The number of nitrogens with one attached hydrogen (secondary N) is 1. The highest BCUT2D eigenvalue weighted by Gasteiger charge is 2.16. The summed E-state index contributed by atoms with van der Waals surface area (Å²) in [5.41, 5.74) is 2.29. The van der Waals surface area contributed by atoms with E-state index in [1.807, 2.05) is 19.2 Å². The number of hydrogen-bond acceptors (Lipinski definition) is 5. The minimum Gasteiger partial charge on any atom is -0.325 e. The second-order valence-electron chi connectivity index (χ2n) is 4.64. The summed E-state index contributed by atoms with van der Waals surface area (Å²) in [5.74, 6) is -0.0700. The standard InChI is InChI=1S/C15H16N2O2S2/c1-9-8-20-15(16-9)21-11(3)14(19)17-13-6-4-12(5-7-13)10(2)18/h4-8,11H,1-3H3,(H,17,19)/t11-/m0/s1. The maximum absolute atomic E-state index is 12.1. The van der Waals surface area contributed by atoms with Crippen molar-refractivity contribution in [3.8, 4) is 0 Å². The zero-order valence-corrected chi connectivity index (χ0v) is 13.7. The molecular weight excluding hydrogens is 304 g/mol. The van der Waals surface area contributed by atoms with Crippen LogP contribution in [0.2, 0.25) is 0 Å². The molecule has 0 bridgehead atoms. The Bertz CT molecular complexity index is 650. The van der Waals surface area contributed by atoms with Gasteiger partial charge in [0.2, 0.25) is 5.91 Å². The molecule has 0 aliphatic rings. The Morgan fingerprint density at radius 2 is 1.95 bits per heavy atom. The van der Waals surface area contributed by atoms with Crippen LogP contribution >= 0.6 is 23.1 Å². The Morgan fingerprint density at radius 1 is 1.29 bits per heavy atom. The van der Waals surface area contributed by atoms with Crippen molar-refractivity contribution in [2.75, 3.05) is 5.32 Å². The number of benzene rings is 1. The van der Waals surface area contributed by atoms with Crippen LogP contribution in [-0.4, -0.2) is 21.9 Å². The number of Topliss-reactive ketones (excluding diaryl/α,β-unsaturated/α-hetero) is 1. The molecule has 4 nitrogen and oxygen atoms in total. The third-order valence-corrected chi connectivity index (χ3v) is 4.99. The lowest BCUT2D eigenvalue weighted by Gasteiger charge is -2.10. The first-order valence-electron chi connectivity index (χ1n) is 6.46. The van der Waals surface area contributed by atoms with Gasteiger partial charge in [-0.15, -0.1) is 11.3 Å². The van der Waals surface area contributed by atoms with Crippen molar-refractivity contribution in [1.82, 2.24) is 4.98 Å². The Balaban J connectivity index is 1.95. The van der Waals surface area contributed by atoms with E-state index in [0.29, 0.717) is 11.3 Å². The van der Waals surface area contributed by atoms with E-state index >= 15 is 0 Å². The summed E-state index contributed by atoms with van der Waals surface area (Å²) < 4.78 is 0.891. The molecule has 2 aromatic rings. The van der Waals surface area contributed by atoms with Gasteiger partial charge in [0, 0.05) is 22.3 Å². The number of nitrogens with zero attached hydrogens (tertiary/aromatic N) is 1. The first-order chi connectivity index (χ1) is 9.95. The van der Waals surface area contributed by atoms with Crippen molar-refractivity contribution in [3.05, 3.63) is 40.9 Å². The number of ketones is 1. The van der Waals surface area contributed by atoms with Crippen molar-refractivity contribution < 1.29 is 9.59 Å². The van der Waals surface area contributed by atoms with Gasteiger partial charge in [-0.25, -0.2) is 4.98 Å². The van der Waals surface area contributed by atoms with E-state index in [-0.39, 0.29) is 16.9 Å². The number of thiazole rings is 1. The highest BCUT2D eigenvalue weighted by Crippen LogP contribution is 2.27. The van der Waals surface area contributed by atoms with E-state index in [2.05, 4.69) is 10.3 Å². The maximum Gasteiger partial charge on any atom is 0.237 e. The van der Waals surface area contributed by atoms with Crippen molar-refractivity contribution in [3.63, 3.8) is 0 Å². The smallest absolute Gasteiger partial charge is 0.237 e. The van der Waals surface area contributed by atoms with Crippen molar-refractivity contribution >= 4 is 40.5 Å². The number of thioether (sulfide) groups is 1. The normalized spacial score (nSPS) is 12.0. The fourth-order valence-corrected chi connectivity index (χ4v) is 3.61. The van der Waals surface area contributed by atoms with Crippen LogP contribution in [-0.2, 0) is 4.79 Å². The highest BCUT2D eigenvalue weighted by molar-refractivity contribution is 8.02. The van der Waals surface area contributed by atoms with Crippen LogP contribution in [0, 0.1) is 6.92 Å². The molecule has 21 heavy (non-hydrogen) atoms. The fraction of sp³-hybridized carbons (Fsp3) is 0.267. The highest BCUT2D eigenvalue weighted by atomic mass is 32.2. The Hall–Kier alpha value is -1.66. The lowest BCUT2D eigenvalue weighted by atomic mass is 10.1. The van der Waals surface area contributed by atoms with Gasteiger partial charge >= 0.3 is 0 Å².